The van der Waals surface area contributed by atoms with Gasteiger partial charge in [0.15, 0.2) is 0 Å². The Kier molecular flexibility index (Phi) is 3.90. The summed E-state index contributed by atoms with van der Waals surface area (Å²) in [5.41, 5.74) is 5.91. The van der Waals surface area contributed by atoms with E-state index in [1.807, 2.05) is 0 Å². The lowest BCUT2D eigenvalue weighted by Crippen LogP contribution is -2.46. The molecule has 2 rings (SSSR count). The van der Waals surface area contributed by atoms with Crippen molar-refractivity contribution in [3.05, 3.63) is 35.4 Å². The number of rotatable bonds is 2. The molecule has 2 N–H and O–H groups in total. The first kappa shape index (κ1) is 14.4. The van der Waals surface area contributed by atoms with Gasteiger partial charge in [0, 0.05) is 5.54 Å². The van der Waals surface area contributed by atoms with E-state index in [1.165, 1.54) is 12.1 Å². The number of benzene rings is 1. The Morgan fingerprint density at radius 1 is 1.32 bits per heavy atom. The highest BCUT2D eigenvalue weighted by Crippen LogP contribution is 2.42. The number of hydrogen-bond acceptors (Lipinski definition) is 1. The highest BCUT2D eigenvalue weighted by Gasteiger charge is 2.39. The van der Waals surface area contributed by atoms with Crippen molar-refractivity contribution in [1.82, 2.24) is 0 Å². The molecule has 1 aromatic rings. The SMILES string of the molecule is CCC1CCCCC1(N)c1cccc(C(F)(F)F)c1. The predicted octanol–water partition coefficient (Wildman–Crippen LogP) is 4.46. The van der Waals surface area contributed by atoms with E-state index in [0.717, 1.165) is 38.2 Å². The van der Waals surface area contributed by atoms with Crippen molar-refractivity contribution < 1.29 is 13.2 Å². The molecule has 0 aliphatic heterocycles. The van der Waals surface area contributed by atoms with Crippen LogP contribution in [0.15, 0.2) is 24.3 Å². The zero-order valence-electron chi connectivity index (χ0n) is 11.1. The number of alkyl halides is 3. The summed E-state index contributed by atoms with van der Waals surface area (Å²) in [5, 5.41) is 0. The minimum absolute atomic E-state index is 0.268. The predicted molar refractivity (Wildman–Crippen MR) is 69.6 cm³/mol. The van der Waals surface area contributed by atoms with E-state index in [1.54, 1.807) is 6.07 Å². The van der Waals surface area contributed by atoms with Crippen LogP contribution in [0.4, 0.5) is 13.2 Å². The van der Waals surface area contributed by atoms with Crippen LogP contribution in [0.1, 0.15) is 50.2 Å². The summed E-state index contributed by atoms with van der Waals surface area (Å²) in [7, 11) is 0. The number of hydrogen-bond donors (Lipinski definition) is 1. The molecule has 106 valence electrons. The summed E-state index contributed by atoms with van der Waals surface area (Å²) in [6.07, 6.45) is 0.491. The van der Waals surface area contributed by atoms with Gasteiger partial charge in [-0.15, -0.1) is 0 Å². The van der Waals surface area contributed by atoms with Crippen LogP contribution in [-0.2, 0) is 11.7 Å². The van der Waals surface area contributed by atoms with Crippen LogP contribution < -0.4 is 5.73 Å². The van der Waals surface area contributed by atoms with Crippen molar-refractivity contribution in [3.8, 4) is 0 Å². The van der Waals surface area contributed by atoms with E-state index in [4.69, 9.17) is 5.73 Å². The Balaban J connectivity index is 2.39. The zero-order chi connectivity index (χ0) is 14.1. The molecule has 4 heteroatoms. The lowest BCUT2D eigenvalue weighted by molar-refractivity contribution is -0.137. The van der Waals surface area contributed by atoms with Crippen LogP contribution in [0.2, 0.25) is 0 Å². The maximum absolute atomic E-state index is 12.8. The Labute approximate surface area is 112 Å². The minimum atomic E-state index is -4.30. The van der Waals surface area contributed by atoms with Crippen LogP contribution >= 0.6 is 0 Å². The molecule has 0 heterocycles. The maximum Gasteiger partial charge on any atom is 0.416 e. The molecule has 0 bridgehead atoms. The average Bonchev–Trinajstić information content (AvgIpc) is 2.38. The summed E-state index contributed by atoms with van der Waals surface area (Å²) in [5.74, 6) is 0.268. The topological polar surface area (TPSA) is 26.0 Å². The van der Waals surface area contributed by atoms with Crippen molar-refractivity contribution in [1.29, 1.82) is 0 Å². The summed E-state index contributed by atoms with van der Waals surface area (Å²) in [4.78, 5) is 0. The third-order valence-corrected chi connectivity index (χ3v) is 4.34. The fourth-order valence-electron chi connectivity index (χ4n) is 3.20. The maximum atomic E-state index is 12.8. The summed E-state index contributed by atoms with van der Waals surface area (Å²) in [6, 6.07) is 5.54. The first-order valence-electron chi connectivity index (χ1n) is 6.84. The number of halogens is 3. The van der Waals surface area contributed by atoms with E-state index < -0.39 is 17.3 Å². The Morgan fingerprint density at radius 3 is 2.68 bits per heavy atom. The van der Waals surface area contributed by atoms with Crippen LogP contribution in [0.25, 0.3) is 0 Å². The van der Waals surface area contributed by atoms with Gasteiger partial charge in [0.2, 0.25) is 0 Å². The minimum Gasteiger partial charge on any atom is -0.321 e. The van der Waals surface area contributed by atoms with Gasteiger partial charge < -0.3 is 5.73 Å². The van der Waals surface area contributed by atoms with Gasteiger partial charge in [-0.25, -0.2) is 0 Å². The zero-order valence-corrected chi connectivity index (χ0v) is 11.1. The highest BCUT2D eigenvalue weighted by atomic mass is 19.4. The van der Waals surface area contributed by atoms with E-state index in [-0.39, 0.29) is 5.92 Å². The van der Waals surface area contributed by atoms with Gasteiger partial charge in [-0.2, -0.15) is 13.2 Å². The molecule has 1 aliphatic rings. The van der Waals surface area contributed by atoms with Crippen molar-refractivity contribution in [2.24, 2.45) is 11.7 Å². The largest absolute Gasteiger partial charge is 0.416 e. The third-order valence-electron chi connectivity index (χ3n) is 4.34. The van der Waals surface area contributed by atoms with E-state index in [9.17, 15) is 13.2 Å². The van der Waals surface area contributed by atoms with Gasteiger partial charge >= 0.3 is 6.18 Å². The molecule has 0 saturated heterocycles. The molecular formula is C15H20F3N. The van der Waals surface area contributed by atoms with E-state index in [2.05, 4.69) is 6.92 Å². The molecule has 1 aliphatic carbocycles. The normalized spacial score (nSPS) is 28.4. The van der Waals surface area contributed by atoms with Gasteiger partial charge in [0.1, 0.15) is 0 Å². The smallest absolute Gasteiger partial charge is 0.321 e. The van der Waals surface area contributed by atoms with Gasteiger partial charge in [0.05, 0.1) is 5.56 Å². The Morgan fingerprint density at radius 2 is 2.05 bits per heavy atom. The van der Waals surface area contributed by atoms with E-state index in [0.29, 0.717) is 5.56 Å². The molecular weight excluding hydrogens is 251 g/mol. The first-order chi connectivity index (χ1) is 8.88. The van der Waals surface area contributed by atoms with Crippen LogP contribution in [0, 0.1) is 5.92 Å². The highest BCUT2D eigenvalue weighted by molar-refractivity contribution is 5.32. The van der Waals surface area contributed by atoms with Gasteiger partial charge in [-0.05, 0) is 36.5 Å². The second kappa shape index (κ2) is 5.16. The summed E-state index contributed by atoms with van der Waals surface area (Å²) in [6.45, 7) is 2.06. The molecule has 1 aromatic carbocycles. The fourth-order valence-corrected chi connectivity index (χ4v) is 3.20. The van der Waals surface area contributed by atoms with Crippen LogP contribution in [0.5, 0.6) is 0 Å². The molecule has 19 heavy (non-hydrogen) atoms. The summed E-state index contributed by atoms with van der Waals surface area (Å²) >= 11 is 0. The number of nitrogens with two attached hydrogens (primary N) is 1. The van der Waals surface area contributed by atoms with E-state index >= 15 is 0 Å². The fraction of sp³-hybridized carbons (Fsp3) is 0.600. The molecule has 1 fully saturated rings. The lowest BCUT2D eigenvalue weighted by Gasteiger charge is -2.41. The van der Waals surface area contributed by atoms with Crippen LogP contribution in [-0.4, -0.2) is 0 Å². The molecule has 0 aromatic heterocycles. The van der Waals surface area contributed by atoms with Gasteiger partial charge in [0.25, 0.3) is 0 Å². The standard InChI is InChI=1S/C15H20F3N/c1-2-11-6-3-4-9-14(11,19)12-7-5-8-13(10-12)15(16,17)18/h5,7-8,10-11H,2-4,6,9,19H2,1H3. The summed E-state index contributed by atoms with van der Waals surface area (Å²) < 4.78 is 38.4. The Bertz CT molecular complexity index is 441. The van der Waals surface area contributed by atoms with Gasteiger partial charge in [-0.1, -0.05) is 38.3 Å². The van der Waals surface area contributed by atoms with Crippen molar-refractivity contribution in [3.63, 3.8) is 0 Å². The average molecular weight is 271 g/mol. The van der Waals surface area contributed by atoms with Crippen LogP contribution in [0.3, 0.4) is 0 Å². The van der Waals surface area contributed by atoms with Gasteiger partial charge in [-0.3, -0.25) is 0 Å². The lowest BCUT2D eigenvalue weighted by atomic mass is 9.68. The second-order valence-electron chi connectivity index (χ2n) is 5.47. The van der Waals surface area contributed by atoms with Crippen molar-refractivity contribution in [2.45, 2.75) is 50.7 Å². The molecule has 0 spiro atoms. The molecule has 0 radical (unpaired) electrons. The molecule has 1 nitrogen and oxygen atoms in total. The first-order valence-corrected chi connectivity index (χ1v) is 6.84. The second-order valence-corrected chi connectivity index (χ2v) is 5.47. The monoisotopic (exact) mass is 271 g/mol. The Hall–Kier alpha value is -1.03. The molecule has 2 unspecified atom stereocenters. The quantitative estimate of drug-likeness (QED) is 0.844. The third kappa shape index (κ3) is 2.78. The molecule has 2 atom stereocenters. The van der Waals surface area contributed by atoms with Crippen molar-refractivity contribution >= 4 is 0 Å². The molecule has 0 amide bonds. The molecule has 1 saturated carbocycles. The van der Waals surface area contributed by atoms with Crippen molar-refractivity contribution in [2.75, 3.05) is 0 Å².